The number of nitrogens with zero attached hydrogens (tertiary/aromatic N) is 1. The second-order valence-electron chi connectivity index (χ2n) is 4.79. The maximum Gasteiger partial charge on any atom is 0.254 e. The maximum atomic E-state index is 12.5. The molecule has 1 fully saturated rings. The van der Waals surface area contributed by atoms with E-state index in [2.05, 4.69) is 0 Å². The van der Waals surface area contributed by atoms with Crippen LogP contribution in [0.25, 0.3) is 0 Å². The van der Waals surface area contributed by atoms with Gasteiger partial charge in [0.15, 0.2) is 0 Å². The number of aryl methyl sites for hydroxylation is 1. The van der Waals surface area contributed by atoms with E-state index in [9.17, 15) is 9.90 Å². The molecule has 3 nitrogen and oxygen atoms in total. The molecule has 1 atom stereocenters. The van der Waals surface area contributed by atoms with Crippen molar-refractivity contribution in [1.29, 1.82) is 0 Å². The van der Waals surface area contributed by atoms with Gasteiger partial charge in [-0.3, -0.25) is 4.79 Å². The minimum atomic E-state index is -0.0513. The number of likely N-dealkylation sites (tertiary alicyclic amines) is 1. The molecule has 0 bridgehead atoms. The van der Waals surface area contributed by atoms with Crippen molar-refractivity contribution in [1.82, 2.24) is 4.90 Å². The van der Waals surface area contributed by atoms with Crippen molar-refractivity contribution in [2.75, 3.05) is 13.2 Å². The zero-order valence-corrected chi connectivity index (χ0v) is 11.3. The van der Waals surface area contributed by atoms with Crippen molar-refractivity contribution in [2.24, 2.45) is 0 Å². The Morgan fingerprint density at radius 3 is 3.00 bits per heavy atom. The van der Waals surface area contributed by atoms with Gasteiger partial charge in [0.05, 0.1) is 12.6 Å². The molecule has 1 aromatic carbocycles. The Labute approximate surface area is 112 Å². The summed E-state index contributed by atoms with van der Waals surface area (Å²) in [6.07, 6.45) is 2.95. The number of aliphatic hydroxyl groups excluding tert-OH is 1. The highest BCUT2D eigenvalue weighted by atomic mass is 35.5. The van der Waals surface area contributed by atoms with Gasteiger partial charge >= 0.3 is 0 Å². The van der Waals surface area contributed by atoms with Crippen molar-refractivity contribution in [3.05, 3.63) is 34.3 Å². The number of benzene rings is 1. The summed E-state index contributed by atoms with van der Waals surface area (Å²) in [6.45, 7) is 2.66. The van der Waals surface area contributed by atoms with E-state index in [1.807, 2.05) is 13.0 Å². The molecule has 0 aromatic heterocycles. The van der Waals surface area contributed by atoms with Crippen LogP contribution >= 0.6 is 11.6 Å². The standard InChI is InChI=1S/C14H18ClNO2/c1-10-5-6-11(15)8-13(10)14(18)16-7-3-2-4-12(16)9-17/h5-6,8,12,17H,2-4,7,9H2,1H3. The number of rotatable bonds is 2. The average Bonchev–Trinajstić information content (AvgIpc) is 2.40. The minimum Gasteiger partial charge on any atom is -0.394 e. The molecule has 1 aromatic rings. The first-order valence-electron chi connectivity index (χ1n) is 6.31. The highest BCUT2D eigenvalue weighted by molar-refractivity contribution is 6.31. The van der Waals surface area contributed by atoms with Crippen molar-refractivity contribution < 1.29 is 9.90 Å². The van der Waals surface area contributed by atoms with Gasteiger partial charge in [-0.05, 0) is 43.9 Å². The Hall–Kier alpha value is -1.06. The highest BCUT2D eigenvalue weighted by Gasteiger charge is 2.27. The largest absolute Gasteiger partial charge is 0.394 e. The molecule has 1 unspecified atom stereocenters. The quantitative estimate of drug-likeness (QED) is 0.895. The van der Waals surface area contributed by atoms with Gasteiger partial charge in [-0.15, -0.1) is 0 Å². The summed E-state index contributed by atoms with van der Waals surface area (Å²) in [6, 6.07) is 5.30. The lowest BCUT2D eigenvalue weighted by molar-refractivity contribution is 0.0502. The van der Waals surface area contributed by atoms with Crippen molar-refractivity contribution >= 4 is 17.5 Å². The number of hydrogen-bond donors (Lipinski definition) is 1. The molecule has 2 rings (SSSR count). The number of carbonyl (C=O) groups excluding carboxylic acids is 1. The van der Waals surface area contributed by atoms with Gasteiger partial charge in [0, 0.05) is 17.1 Å². The minimum absolute atomic E-state index is 0.0197. The van der Waals surface area contributed by atoms with E-state index < -0.39 is 0 Å². The van der Waals surface area contributed by atoms with Crippen LogP contribution in [0.2, 0.25) is 5.02 Å². The first-order valence-corrected chi connectivity index (χ1v) is 6.69. The van der Waals surface area contributed by atoms with Crippen LogP contribution in [-0.4, -0.2) is 35.1 Å². The van der Waals surface area contributed by atoms with Gasteiger partial charge < -0.3 is 10.0 Å². The van der Waals surface area contributed by atoms with Crippen molar-refractivity contribution in [3.63, 3.8) is 0 Å². The summed E-state index contributed by atoms with van der Waals surface area (Å²) in [5.41, 5.74) is 1.56. The van der Waals surface area contributed by atoms with Crippen molar-refractivity contribution in [3.8, 4) is 0 Å². The van der Waals surface area contributed by atoms with E-state index in [0.717, 1.165) is 31.4 Å². The fourth-order valence-electron chi connectivity index (χ4n) is 2.44. The predicted octanol–water partition coefficient (Wildman–Crippen LogP) is 2.64. The Morgan fingerprint density at radius 1 is 1.50 bits per heavy atom. The number of aliphatic hydroxyl groups is 1. The Kier molecular flexibility index (Phi) is 4.25. The van der Waals surface area contributed by atoms with E-state index in [-0.39, 0.29) is 18.6 Å². The molecule has 1 heterocycles. The van der Waals surface area contributed by atoms with E-state index in [0.29, 0.717) is 10.6 Å². The van der Waals surface area contributed by atoms with E-state index in [4.69, 9.17) is 11.6 Å². The van der Waals surface area contributed by atoms with E-state index >= 15 is 0 Å². The molecule has 1 amide bonds. The molecule has 1 N–H and O–H groups in total. The Balaban J connectivity index is 2.26. The van der Waals surface area contributed by atoms with Crippen LogP contribution in [0.5, 0.6) is 0 Å². The van der Waals surface area contributed by atoms with Crippen LogP contribution in [0.3, 0.4) is 0 Å². The van der Waals surface area contributed by atoms with Gasteiger partial charge in [-0.2, -0.15) is 0 Å². The molecular weight excluding hydrogens is 250 g/mol. The predicted molar refractivity (Wildman–Crippen MR) is 72.0 cm³/mol. The van der Waals surface area contributed by atoms with Gasteiger partial charge in [-0.1, -0.05) is 17.7 Å². The molecule has 1 aliphatic rings. The van der Waals surface area contributed by atoms with Crippen LogP contribution in [-0.2, 0) is 0 Å². The number of piperidine rings is 1. The SMILES string of the molecule is Cc1ccc(Cl)cc1C(=O)N1CCCCC1CO. The normalized spacial score (nSPS) is 19.9. The molecule has 0 aliphatic carbocycles. The summed E-state index contributed by atoms with van der Waals surface area (Å²) in [5, 5.41) is 9.93. The molecular formula is C14H18ClNO2. The molecule has 18 heavy (non-hydrogen) atoms. The Morgan fingerprint density at radius 2 is 2.28 bits per heavy atom. The second kappa shape index (κ2) is 5.72. The lowest BCUT2D eigenvalue weighted by Crippen LogP contribution is -2.45. The van der Waals surface area contributed by atoms with E-state index in [1.54, 1.807) is 17.0 Å². The monoisotopic (exact) mass is 267 g/mol. The molecule has 0 radical (unpaired) electrons. The number of halogens is 1. The van der Waals surface area contributed by atoms with Gasteiger partial charge in [0.25, 0.3) is 5.91 Å². The summed E-state index contributed by atoms with van der Waals surface area (Å²) < 4.78 is 0. The molecule has 1 saturated heterocycles. The number of carbonyl (C=O) groups is 1. The summed E-state index contributed by atoms with van der Waals surface area (Å²) in [5.74, 6) is -0.0197. The van der Waals surface area contributed by atoms with Crippen LogP contribution in [0.4, 0.5) is 0 Å². The van der Waals surface area contributed by atoms with Gasteiger partial charge in [-0.25, -0.2) is 0 Å². The summed E-state index contributed by atoms with van der Waals surface area (Å²) >= 11 is 5.95. The third kappa shape index (κ3) is 2.68. The summed E-state index contributed by atoms with van der Waals surface area (Å²) in [4.78, 5) is 14.3. The fraction of sp³-hybridized carbons (Fsp3) is 0.500. The van der Waals surface area contributed by atoms with Crippen LogP contribution < -0.4 is 0 Å². The van der Waals surface area contributed by atoms with Crippen molar-refractivity contribution in [2.45, 2.75) is 32.2 Å². The zero-order chi connectivity index (χ0) is 13.1. The fourth-order valence-corrected chi connectivity index (χ4v) is 2.61. The zero-order valence-electron chi connectivity index (χ0n) is 10.5. The first-order chi connectivity index (χ1) is 8.63. The van der Waals surface area contributed by atoms with E-state index in [1.165, 1.54) is 0 Å². The van der Waals surface area contributed by atoms with Crippen LogP contribution in [0.1, 0.15) is 35.2 Å². The average molecular weight is 268 g/mol. The lowest BCUT2D eigenvalue weighted by atomic mass is 10.00. The highest BCUT2D eigenvalue weighted by Crippen LogP contribution is 2.22. The third-order valence-electron chi connectivity index (χ3n) is 3.53. The first kappa shape index (κ1) is 13.4. The molecule has 4 heteroatoms. The number of hydrogen-bond acceptors (Lipinski definition) is 2. The smallest absolute Gasteiger partial charge is 0.254 e. The molecule has 98 valence electrons. The molecule has 0 saturated carbocycles. The van der Waals surface area contributed by atoms with Crippen LogP contribution in [0, 0.1) is 6.92 Å². The topological polar surface area (TPSA) is 40.5 Å². The van der Waals surface area contributed by atoms with Gasteiger partial charge in [0.2, 0.25) is 0 Å². The number of amides is 1. The van der Waals surface area contributed by atoms with Crippen LogP contribution in [0.15, 0.2) is 18.2 Å². The second-order valence-corrected chi connectivity index (χ2v) is 5.23. The maximum absolute atomic E-state index is 12.5. The third-order valence-corrected chi connectivity index (χ3v) is 3.76. The molecule has 0 spiro atoms. The lowest BCUT2D eigenvalue weighted by Gasteiger charge is -2.35. The summed E-state index contributed by atoms with van der Waals surface area (Å²) in [7, 11) is 0. The van der Waals surface area contributed by atoms with Gasteiger partial charge in [0.1, 0.15) is 0 Å². The Bertz CT molecular complexity index is 447. The molecule has 1 aliphatic heterocycles.